The highest BCUT2D eigenvalue weighted by molar-refractivity contribution is 5.56. The maximum atomic E-state index is 4.39. The minimum atomic E-state index is 0.655. The van der Waals surface area contributed by atoms with Gasteiger partial charge in [0.15, 0.2) is 0 Å². The fraction of sp³-hybridized carbons (Fsp3) is 0. The van der Waals surface area contributed by atoms with Crippen LogP contribution in [0.15, 0.2) is 79.4 Å². The first-order valence-corrected chi connectivity index (χ1v) is 7.19. The summed E-state index contributed by atoms with van der Waals surface area (Å²) in [7, 11) is 0. The standard InChI is InChI=1S/C17H13N6/c1-6-12-22(13-7-1)23-16(14-8-2-4-10-18-14)20-21-17(23)15-9-3-5-11-19-15/h1-13H/q+1. The molecule has 0 aromatic carbocycles. The molecule has 4 aromatic heterocycles. The molecule has 0 radical (unpaired) electrons. The second-order valence-corrected chi connectivity index (χ2v) is 4.84. The molecule has 6 heteroatoms. The molecule has 0 atom stereocenters. The van der Waals surface area contributed by atoms with E-state index in [1.165, 1.54) is 0 Å². The zero-order valence-corrected chi connectivity index (χ0v) is 12.2. The summed E-state index contributed by atoms with van der Waals surface area (Å²) in [5.41, 5.74) is 1.50. The number of hydrogen-bond acceptors (Lipinski definition) is 4. The van der Waals surface area contributed by atoms with E-state index < -0.39 is 0 Å². The monoisotopic (exact) mass is 301 g/mol. The van der Waals surface area contributed by atoms with Gasteiger partial charge in [0, 0.05) is 24.5 Å². The van der Waals surface area contributed by atoms with Crippen molar-refractivity contribution in [2.75, 3.05) is 0 Å². The summed E-state index contributed by atoms with van der Waals surface area (Å²) < 4.78 is 3.80. The Labute approximate surface area is 132 Å². The van der Waals surface area contributed by atoms with Crippen LogP contribution in [-0.4, -0.2) is 24.8 Å². The second-order valence-electron chi connectivity index (χ2n) is 4.84. The Morgan fingerprint density at radius 3 is 1.70 bits per heavy atom. The van der Waals surface area contributed by atoms with E-state index in [9.17, 15) is 0 Å². The van der Waals surface area contributed by atoms with Gasteiger partial charge in [-0.05, 0) is 24.3 Å². The number of pyridine rings is 3. The van der Waals surface area contributed by atoms with Crippen molar-refractivity contribution in [3.05, 3.63) is 79.4 Å². The summed E-state index contributed by atoms with van der Waals surface area (Å²) >= 11 is 0. The molecule has 0 saturated carbocycles. The Kier molecular flexibility index (Phi) is 3.32. The third-order valence-electron chi connectivity index (χ3n) is 3.36. The molecule has 0 bridgehead atoms. The summed E-state index contributed by atoms with van der Waals surface area (Å²) in [6.07, 6.45) is 7.35. The molecule has 110 valence electrons. The third-order valence-corrected chi connectivity index (χ3v) is 3.36. The van der Waals surface area contributed by atoms with Gasteiger partial charge >= 0.3 is 0 Å². The normalized spacial score (nSPS) is 10.6. The van der Waals surface area contributed by atoms with E-state index in [0.717, 1.165) is 11.4 Å². The predicted molar refractivity (Wildman–Crippen MR) is 83.9 cm³/mol. The fourth-order valence-corrected chi connectivity index (χ4v) is 2.33. The molecule has 0 unspecified atom stereocenters. The lowest BCUT2D eigenvalue weighted by atomic mass is 10.3. The van der Waals surface area contributed by atoms with Crippen LogP contribution in [0.5, 0.6) is 0 Å². The molecule has 4 aromatic rings. The lowest BCUT2D eigenvalue weighted by molar-refractivity contribution is -0.725. The van der Waals surface area contributed by atoms with E-state index >= 15 is 0 Å². The van der Waals surface area contributed by atoms with Gasteiger partial charge in [0.1, 0.15) is 11.4 Å². The molecule has 0 amide bonds. The summed E-state index contributed by atoms with van der Waals surface area (Å²) in [5.74, 6) is 1.31. The molecule has 0 N–H and O–H groups in total. The van der Waals surface area contributed by atoms with Crippen molar-refractivity contribution >= 4 is 0 Å². The van der Waals surface area contributed by atoms with Gasteiger partial charge in [-0.1, -0.05) is 27.6 Å². The Hall–Kier alpha value is -3.41. The molecule has 4 rings (SSSR count). The van der Waals surface area contributed by atoms with E-state index in [1.807, 2.05) is 76.3 Å². The summed E-state index contributed by atoms with van der Waals surface area (Å²) in [6, 6.07) is 17.3. The van der Waals surface area contributed by atoms with E-state index in [0.29, 0.717) is 11.6 Å². The zero-order valence-electron chi connectivity index (χ0n) is 12.2. The van der Waals surface area contributed by atoms with Crippen LogP contribution in [0.2, 0.25) is 0 Å². The van der Waals surface area contributed by atoms with Crippen molar-refractivity contribution in [2.45, 2.75) is 0 Å². The molecule has 23 heavy (non-hydrogen) atoms. The zero-order chi connectivity index (χ0) is 15.5. The van der Waals surface area contributed by atoms with Gasteiger partial charge < -0.3 is 0 Å². The first-order valence-electron chi connectivity index (χ1n) is 7.19. The van der Waals surface area contributed by atoms with Crippen molar-refractivity contribution in [1.82, 2.24) is 24.8 Å². The van der Waals surface area contributed by atoms with Gasteiger partial charge in [-0.2, -0.15) is 0 Å². The van der Waals surface area contributed by atoms with Crippen molar-refractivity contribution in [3.63, 3.8) is 0 Å². The highest BCUT2D eigenvalue weighted by Crippen LogP contribution is 2.19. The van der Waals surface area contributed by atoms with Crippen LogP contribution in [0.3, 0.4) is 0 Å². The first-order chi connectivity index (χ1) is 11.4. The Morgan fingerprint density at radius 1 is 0.652 bits per heavy atom. The van der Waals surface area contributed by atoms with Gasteiger partial charge in [0.05, 0.1) is 0 Å². The average Bonchev–Trinajstić information content (AvgIpc) is 3.09. The molecule has 0 aliphatic rings. The Morgan fingerprint density at radius 2 is 1.22 bits per heavy atom. The minimum Gasteiger partial charge on any atom is -0.253 e. The third kappa shape index (κ3) is 2.46. The first kappa shape index (κ1) is 13.3. The lowest BCUT2D eigenvalue weighted by Gasteiger charge is -2.03. The van der Waals surface area contributed by atoms with Crippen molar-refractivity contribution < 1.29 is 4.68 Å². The quantitative estimate of drug-likeness (QED) is 0.543. The summed E-state index contributed by atoms with van der Waals surface area (Å²) in [5, 5.41) is 8.66. The molecular weight excluding hydrogens is 288 g/mol. The average molecular weight is 301 g/mol. The van der Waals surface area contributed by atoms with Crippen molar-refractivity contribution in [1.29, 1.82) is 0 Å². The van der Waals surface area contributed by atoms with E-state index in [1.54, 1.807) is 12.4 Å². The molecule has 0 saturated heterocycles. The van der Waals surface area contributed by atoms with Crippen LogP contribution >= 0.6 is 0 Å². The van der Waals surface area contributed by atoms with Crippen molar-refractivity contribution in [2.24, 2.45) is 0 Å². The number of nitrogens with zero attached hydrogens (tertiary/aromatic N) is 6. The van der Waals surface area contributed by atoms with Crippen LogP contribution in [0.4, 0.5) is 0 Å². The highest BCUT2D eigenvalue weighted by Gasteiger charge is 2.23. The van der Waals surface area contributed by atoms with Crippen molar-refractivity contribution in [3.8, 4) is 23.0 Å². The van der Waals surface area contributed by atoms with Gasteiger partial charge in [0.25, 0.3) is 0 Å². The Bertz CT molecular complexity index is 847. The van der Waals surface area contributed by atoms with Gasteiger partial charge in [0.2, 0.25) is 24.0 Å². The minimum absolute atomic E-state index is 0.655. The number of hydrogen-bond donors (Lipinski definition) is 0. The van der Waals surface area contributed by atoms with Crippen LogP contribution in [0.25, 0.3) is 23.0 Å². The lowest BCUT2D eigenvalue weighted by Crippen LogP contribution is -2.42. The summed E-state index contributed by atoms with van der Waals surface area (Å²) in [4.78, 5) is 8.77. The SMILES string of the molecule is c1cc[n+](-n2c(-c3ccccn3)nnc2-c2ccccn2)cc1. The molecule has 4 heterocycles. The predicted octanol–water partition coefficient (Wildman–Crippen LogP) is 2.00. The maximum absolute atomic E-state index is 4.39. The number of aromatic nitrogens is 6. The van der Waals surface area contributed by atoms with Crippen LogP contribution < -0.4 is 4.68 Å². The second kappa shape index (κ2) is 5.76. The van der Waals surface area contributed by atoms with Gasteiger partial charge in [-0.3, -0.25) is 9.97 Å². The van der Waals surface area contributed by atoms with E-state index in [2.05, 4.69) is 20.2 Å². The van der Waals surface area contributed by atoms with Gasteiger partial charge in [-0.15, -0.1) is 10.2 Å². The van der Waals surface area contributed by atoms with Crippen LogP contribution in [0.1, 0.15) is 0 Å². The topological polar surface area (TPSA) is 60.4 Å². The maximum Gasteiger partial charge on any atom is 0.243 e. The van der Waals surface area contributed by atoms with E-state index in [4.69, 9.17) is 0 Å². The fourth-order valence-electron chi connectivity index (χ4n) is 2.33. The smallest absolute Gasteiger partial charge is 0.243 e. The van der Waals surface area contributed by atoms with E-state index in [-0.39, 0.29) is 0 Å². The molecule has 6 nitrogen and oxygen atoms in total. The van der Waals surface area contributed by atoms with Crippen LogP contribution in [-0.2, 0) is 0 Å². The molecule has 0 fully saturated rings. The highest BCUT2D eigenvalue weighted by atomic mass is 15.5. The molecule has 0 spiro atoms. The molecule has 0 aliphatic heterocycles. The van der Waals surface area contributed by atoms with Gasteiger partial charge in [-0.25, -0.2) is 0 Å². The van der Waals surface area contributed by atoms with Crippen LogP contribution in [0, 0.1) is 0 Å². The molecular formula is C17H13N6+. The molecule has 0 aliphatic carbocycles. The Balaban J connectivity index is 1.97. The number of rotatable bonds is 3. The summed E-state index contributed by atoms with van der Waals surface area (Å²) in [6.45, 7) is 0. The largest absolute Gasteiger partial charge is 0.253 e.